The second-order valence-electron chi connectivity index (χ2n) is 7.38. The van der Waals surface area contributed by atoms with Crippen molar-refractivity contribution in [2.45, 2.75) is 13.0 Å². The molecule has 1 atom stereocenters. The first kappa shape index (κ1) is 20.0. The Morgan fingerprint density at radius 1 is 1.03 bits per heavy atom. The number of para-hydroxylation sites is 1. The van der Waals surface area contributed by atoms with Gasteiger partial charge < -0.3 is 10.6 Å². The van der Waals surface area contributed by atoms with Gasteiger partial charge in [0.2, 0.25) is 5.95 Å². The fourth-order valence-corrected chi connectivity index (χ4v) is 3.87. The number of amides is 1. The number of rotatable bonds is 4. The van der Waals surface area contributed by atoms with Crippen molar-refractivity contribution < 1.29 is 4.79 Å². The van der Waals surface area contributed by atoms with Gasteiger partial charge in [-0.05, 0) is 48.9 Å². The van der Waals surface area contributed by atoms with Crippen LogP contribution < -0.4 is 10.6 Å². The van der Waals surface area contributed by atoms with Crippen LogP contribution in [-0.2, 0) is 4.79 Å². The van der Waals surface area contributed by atoms with Gasteiger partial charge >= 0.3 is 0 Å². The summed E-state index contributed by atoms with van der Waals surface area (Å²) < 4.78 is 1.74. The number of halogens is 1. The van der Waals surface area contributed by atoms with E-state index in [-0.39, 0.29) is 5.91 Å². The van der Waals surface area contributed by atoms with Gasteiger partial charge in [0.1, 0.15) is 6.04 Å². The molecular formula is C24H19ClN6O. The lowest BCUT2D eigenvalue weighted by atomic mass is 9.95. The third-order valence-electron chi connectivity index (χ3n) is 5.25. The zero-order valence-corrected chi connectivity index (χ0v) is 17.9. The zero-order valence-electron chi connectivity index (χ0n) is 17.2. The molecule has 0 saturated heterocycles. The highest BCUT2D eigenvalue weighted by Crippen LogP contribution is 2.37. The number of benzene rings is 2. The number of anilines is 2. The topological polar surface area (TPSA) is 84.7 Å². The van der Waals surface area contributed by atoms with E-state index >= 15 is 0 Å². The molecule has 4 aromatic rings. The fraction of sp³-hybridized carbons (Fsp3) is 0.0833. The number of hydrogen-bond acceptors (Lipinski definition) is 5. The van der Waals surface area contributed by atoms with E-state index in [2.05, 4.69) is 20.6 Å². The van der Waals surface area contributed by atoms with E-state index < -0.39 is 6.04 Å². The summed E-state index contributed by atoms with van der Waals surface area (Å²) in [6.07, 6.45) is 3.39. The van der Waals surface area contributed by atoms with Crippen molar-refractivity contribution in [2.75, 3.05) is 10.6 Å². The quantitative estimate of drug-likeness (QED) is 0.468. The van der Waals surface area contributed by atoms with Crippen molar-refractivity contribution >= 4 is 29.1 Å². The molecule has 0 aliphatic carbocycles. The van der Waals surface area contributed by atoms with Crippen LogP contribution in [0.15, 0.2) is 90.4 Å². The van der Waals surface area contributed by atoms with Crippen LogP contribution in [0.3, 0.4) is 0 Å². The van der Waals surface area contributed by atoms with E-state index in [1.807, 2.05) is 61.5 Å². The maximum absolute atomic E-state index is 13.4. The van der Waals surface area contributed by atoms with Crippen molar-refractivity contribution in [3.8, 4) is 11.4 Å². The molecule has 1 aliphatic heterocycles. The number of carbonyl (C=O) groups excluding carboxylic acids is 1. The minimum atomic E-state index is -0.477. The van der Waals surface area contributed by atoms with Gasteiger partial charge in [-0.3, -0.25) is 9.78 Å². The third kappa shape index (κ3) is 3.74. The van der Waals surface area contributed by atoms with Gasteiger partial charge in [0.25, 0.3) is 5.91 Å². The van der Waals surface area contributed by atoms with Gasteiger partial charge in [0.05, 0.1) is 5.57 Å². The molecule has 2 aromatic carbocycles. The Kier molecular flexibility index (Phi) is 5.17. The van der Waals surface area contributed by atoms with Crippen LogP contribution in [0.1, 0.15) is 18.5 Å². The molecule has 1 amide bonds. The number of aromatic nitrogens is 4. The molecule has 32 heavy (non-hydrogen) atoms. The maximum Gasteiger partial charge on any atom is 0.255 e. The van der Waals surface area contributed by atoms with Crippen molar-refractivity contribution in [2.24, 2.45) is 0 Å². The smallest absolute Gasteiger partial charge is 0.255 e. The maximum atomic E-state index is 13.4. The largest absolute Gasteiger partial charge is 0.328 e. The lowest BCUT2D eigenvalue weighted by Crippen LogP contribution is -2.31. The standard InChI is InChI=1S/C24H19ClN6O/c1-15-20(23(32)28-19-5-3-2-4-6-19)21(16-7-9-18(25)10-8-16)31-24(27-15)29-22(30-31)17-11-13-26-14-12-17/h2-14,21H,1H3,(H,28,32)(H,27,29,30). The summed E-state index contributed by atoms with van der Waals surface area (Å²) in [6.45, 7) is 1.87. The molecular weight excluding hydrogens is 424 g/mol. The second-order valence-corrected chi connectivity index (χ2v) is 7.81. The van der Waals surface area contributed by atoms with E-state index in [0.717, 1.165) is 16.8 Å². The Morgan fingerprint density at radius 2 is 1.75 bits per heavy atom. The monoisotopic (exact) mass is 442 g/mol. The molecule has 0 fully saturated rings. The van der Waals surface area contributed by atoms with Crippen molar-refractivity contribution in [1.29, 1.82) is 0 Å². The van der Waals surface area contributed by atoms with Gasteiger partial charge in [0, 0.05) is 34.4 Å². The number of carbonyl (C=O) groups is 1. The SMILES string of the molecule is CC1=C(C(=O)Nc2ccccc2)C(c2ccc(Cl)cc2)n2nc(-c3ccncc3)nc2N1. The highest BCUT2D eigenvalue weighted by molar-refractivity contribution is 6.30. The highest BCUT2D eigenvalue weighted by Gasteiger charge is 2.34. The van der Waals surface area contributed by atoms with Gasteiger partial charge in [0.15, 0.2) is 5.82 Å². The zero-order chi connectivity index (χ0) is 22.1. The van der Waals surface area contributed by atoms with Gasteiger partial charge in [-0.1, -0.05) is 41.9 Å². The minimum absolute atomic E-state index is 0.215. The van der Waals surface area contributed by atoms with Gasteiger partial charge in [-0.15, -0.1) is 5.10 Å². The fourth-order valence-electron chi connectivity index (χ4n) is 3.74. The molecule has 2 N–H and O–H groups in total. The van der Waals surface area contributed by atoms with Crippen LogP contribution >= 0.6 is 11.6 Å². The molecule has 158 valence electrons. The van der Waals surface area contributed by atoms with E-state index in [0.29, 0.717) is 28.1 Å². The molecule has 5 rings (SSSR count). The summed E-state index contributed by atoms with van der Waals surface area (Å²) in [6, 6.07) is 20.0. The molecule has 0 radical (unpaired) electrons. The second kappa shape index (κ2) is 8.28. The summed E-state index contributed by atoms with van der Waals surface area (Å²) in [5.74, 6) is 0.893. The normalized spacial score (nSPS) is 15.1. The summed E-state index contributed by atoms with van der Waals surface area (Å²) in [7, 11) is 0. The summed E-state index contributed by atoms with van der Waals surface area (Å²) in [4.78, 5) is 22.1. The number of hydrogen-bond donors (Lipinski definition) is 2. The first-order valence-electron chi connectivity index (χ1n) is 10.1. The molecule has 7 nitrogen and oxygen atoms in total. The molecule has 0 spiro atoms. The lowest BCUT2D eigenvalue weighted by molar-refractivity contribution is -0.113. The Bertz CT molecular complexity index is 1300. The van der Waals surface area contributed by atoms with Crippen LogP contribution in [0.5, 0.6) is 0 Å². The molecule has 1 unspecified atom stereocenters. The average Bonchev–Trinajstić information content (AvgIpc) is 3.23. The average molecular weight is 443 g/mol. The van der Waals surface area contributed by atoms with Crippen molar-refractivity contribution in [1.82, 2.24) is 19.7 Å². The van der Waals surface area contributed by atoms with Gasteiger partial charge in [-0.2, -0.15) is 4.98 Å². The Balaban J connectivity index is 1.60. The Hall–Kier alpha value is -3.97. The molecule has 1 aliphatic rings. The summed E-state index contributed by atoms with van der Waals surface area (Å²) >= 11 is 6.13. The minimum Gasteiger partial charge on any atom is -0.328 e. The van der Waals surface area contributed by atoms with Crippen LogP contribution in [0.25, 0.3) is 11.4 Å². The van der Waals surface area contributed by atoms with Crippen LogP contribution in [0.4, 0.5) is 11.6 Å². The first-order valence-corrected chi connectivity index (χ1v) is 10.4. The Morgan fingerprint density at radius 3 is 2.47 bits per heavy atom. The van der Waals surface area contributed by atoms with E-state index in [9.17, 15) is 4.79 Å². The van der Waals surface area contributed by atoms with Crippen LogP contribution in [0, 0.1) is 0 Å². The third-order valence-corrected chi connectivity index (χ3v) is 5.51. The number of pyridine rings is 1. The number of nitrogens with one attached hydrogen (secondary N) is 2. The predicted molar refractivity (Wildman–Crippen MR) is 124 cm³/mol. The van der Waals surface area contributed by atoms with Crippen molar-refractivity contribution in [3.63, 3.8) is 0 Å². The van der Waals surface area contributed by atoms with Crippen LogP contribution in [0.2, 0.25) is 5.02 Å². The first-order chi connectivity index (χ1) is 15.6. The summed E-state index contributed by atoms with van der Waals surface area (Å²) in [5, 5.41) is 11.6. The van der Waals surface area contributed by atoms with Gasteiger partial charge in [-0.25, -0.2) is 4.68 Å². The molecule has 0 saturated carbocycles. The number of fused-ring (bicyclic) bond motifs is 1. The molecule has 2 aromatic heterocycles. The highest BCUT2D eigenvalue weighted by atomic mass is 35.5. The molecule has 3 heterocycles. The molecule has 8 heteroatoms. The van der Waals surface area contributed by atoms with Crippen molar-refractivity contribution in [3.05, 3.63) is 101 Å². The Labute approximate surface area is 189 Å². The summed E-state index contributed by atoms with van der Waals surface area (Å²) in [5.41, 5.74) is 3.69. The number of allylic oxidation sites excluding steroid dienone is 1. The number of nitrogens with zero attached hydrogens (tertiary/aromatic N) is 4. The lowest BCUT2D eigenvalue weighted by Gasteiger charge is -2.28. The van der Waals surface area contributed by atoms with E-state index in [1.165, 1.54) is 0 Å². The van der Waals surface area contributed by atoms with E-state index in [4.69, 9.17) is 16.7 Å². The predicted octanol–water partition coefficient (Wildman–Crippen LogP) is 4.92. The van der Waals surface area contributed by atoms with Crippen LogP contribution in [-0.4, -0.2) is 25.7 Å². The van der Waals surface area contributed by atoms with E-state index in [1.54, 1.807) is 29.2 Å². The molecule has 0 bridgehead atoms.